The van der Waals surface area contributed by atoms with Gasteiger partial charge in [0.2, 0.25) is 5.91 Å². The molecule has 5 nitrogen and oxygen atoms in total. The van der Waals surface area contributed by atoms with E-state index in [2.05, 4.69) is 0 Å². The highest BCUT2D eigenvalue weighted by molar-refractivity contribution is 8.21. The van der Waals surface area contributed by atoms with E-state index in [0.717, 1.165) is 11.5 Å². The molecular weight excluding hydrogens is 260 g/mol. The van der Waals surface area contributed by atoms with Crippen LogP contribution in [0.5, 0.6) is 0 Å². The molecule has 96 valence electrons. The molecule has 0 aromatic carbocycles. The number of thioether (sulfide) groups is 2. The fourth-order valence-electron chi connectivity index (χ4n) is 2.26. The first-order valence-corrected chi connectivity index (χ1v) is 7.49. The molecule has 1 spiro atoms. The molecule has 0 aliphatic carbocycles. The highest BCUT2D eigenvalue weighted by Crippen LogP contribution is 2.51. The molecular formula is C10H16N2O3S2. The molecule has 0 bridgehead atoms. The minimum Gasteiger partial charge on any atom is -0.480 e. The van der Waals surface area contributed by atoms with E-state index in [4.69, 9.17) is 5.73 Å². The Hall–Kier alpha value is -0.400. The Bertz CT molecular complexity index is 342. The van der Waals surface area contributed by atoms with Crippen LogP contribution in [0.2, 0.25) is 0 Å². The van der Waals surface area contributed by atoms with Crippen molar-refractivity contribution in [1.82, 2.24) is 4.90 Å². The number of likely N-dealkylation sites (tertiary alicyclic amines) is 1. The van der Waals surface area contributed by atoms with Gasteiger partial charge in [0.15, 0.2) is 0 Å². The van der Waals surface area contributed by atoms with Gasteiger partial charge < -0.3 is 15.7 Å². The van der Waals surface area contributed by atoms with Crippen LogP contribution in [0.15, 0.2) is 0 Å². The largest absolute Gasteiger partial charge is 0.480 e. The van der Waals surface area contributed by atoms with Crippen molar-refractivity contribution in [3.63, 3.8) is 0 Å². The lowest BCUT2D eigenvalue weighted by Crippen LogP contribution is -2.47. The summed E-state index contributed by atoms with van der Waals surface area (Å²) in [7, 11) is 0. The molecule has 2 heterocycles. The molecule has 0 aromatic rings. The fourth-order valence-corrected chi connectivity index (χ4v) is 5.52. The van der Waals surface area contributed by atoms with Gasteiger partial charge in [-0.15, -0.1) is 23.5 Å². The number of carboxylic acid groups (broad SMARTS) is 1. The predicted molar refractivity (Wildman–Crippen MR) is 69.1 cm³/mol. The van der Waals surface area contributed by atoms with E-state index in [1.54, 1.807) is 30.4 Å². The minimum absolute atomic E-state index is 0.117. The zero-order valence-electron chi connectivity index (χ0n) is 9.59. The number of carbonyl (C=O) groups excluding carboxylic acids is 1. The van der Waals surface area contributed by atoms with Crippen molar-refractivity contribution in [3.05, 3.63) is 0 Å². The summed E-state index contributed by atoms with van der Waals surface area (Å²) in [5, 5.41) is 9.20. The van der Waals surface area contributed by atoms with E-state index in [9.17, 15) is 14.7 Å². The van der Waals surface area contributed by atoms with E-state index < -0.39 is 18.1 Å². The third-order valence-electron chi connectivity index (χ3n) is 3.06. The first-order chi connectivity index (χ1) is 7.95. The summed E-state index contributed by atoms with van der Waals surface area (Å²) in [6.07, 6.45) is 0.524. The molecule has 0 saturated carbocycles. The number of aliphatic carboxylic acids is 1. The van der Waals surface area contributed by atoms with Crippen molar-refractivity contribution in [2.24, 2.45) is 5.73 Å². The summed E-state index contributed by atoms with van der Waals surface area (Å²) in [4.78, 5) is 24.6. The third-order valence-corrected chi connectivity index (χ3v) is 6.49. The van der Waals surface area contributed by atoms with Crippen LogP contribution in [-0.2, 0) is 9.59 Å². The lowest BCUT2D eigenvalue weighted by molar-refractivity contribution is -0.148. The smallest absolute Gasteiger partial charge is 0.326 e. The molecule has 0 radical (unpaired) electrons. The molecule has 2 aliphatic heterocycles. The third kappa shape index (κ3) is 2.41. The second-order valence-corrected chi connectivity index (χ2v) is 7.64. The Morgan fingerprint density at radius 3 is 2.53 bits per heavy atom. The Balaban J connectivity index is 2.18. The molecule has 2 fully saturated rings. The molecule has 0 unspecified atom stereocenters. The molecule has 0 aromatic heterocycles. The number of carboxylic acids is 1. The van der Waals surface area contributed by atoms with Crippen molar-refractivity contribution in [2.75, 3.05) is 18.1 Å². The number of nitrogens with two attached hydrogens (primary N) is 1. The molecule has 7 heteroatoms. The highest BCUT2D eigenvalue weighted by Gasteiger charge is 2.51. The van der Waals surface area contributed by atoms with Gasteiger partial charge in [-0.2, -0.15) is 0 Å². The number of hydrogen-bond acceptors (Lipinski definition) is 5. The maximum Gasteiger partial charge on any atom is 0.326 e. The second kappa shape index (κ2) is 4.70. The van der Waals surface area contributed by atoms with Gasteiger partial charge in [-0.1, -0.05) is 0 Å². The zero-order valence-corrected chi connectivity index (χ0v) is 11.2. The van der Waals surface area contributed by atoms with Crippen LogP contribution in [0.3, 0.4) is 0 Å². The number of carbonyl (C=O) groups is 2. The SMILES string of the molecule is C[C@H](N)C(=O)N1CC2(C[C@H]1C(=O)O)SCCS2. The summed E-state index contributed by atoms with van der Waals surface area (Å²) in [6.45, 7) is 2.10. The van der Waals surface area contributed by atoms with Crippen LogP contribution in [-0.4, -0.2) is 56.1 Å². The van der Waals surface area contributed by atoms with Crippen molar-refractivity contribution in [2.45, 2.75) is 29.5 Å². The number of rotatable bonds is 2. The average molecular weight is 276 g/mol. The maximum atomic E-state index is 11.9. The predicted octanol–water partition coefficient (Wildman–Crippen LogP) is 0.195. The Morgan fingerprint density at radius 1 is 1.47 bits per heavy atom. The molecule has 2 saturated heterocycles. The lowest BCUT2D eigenvalue weighted by Gasteiger charge is -2.24. The van der Waals surface area contributed by atoms with E-state index in [1.807, 2.05) is 0 Å². The number of nitrogens with zero attached hydrogens (tertiary/aromatic N) is 1. The topological polar surface area (TPSA) is 83.6 Å². The molecule has 3 N–H and O–H groups in total. The van der Waals surface area contributed by atoms with Crippen molar-refractivity contribution >= 4 is 35.4 Å². The van der Waals surface area contributed by atoms with Gasteiger partial charge in [0.1, 0.15) is 6.04 Å². The van der Waals surface area contributed by atoms with Crippen LogP contribution in [0, 0.1) is 0 Å². The van der Waals surface area contributed by atoms with Crippen LogP contribution >= 0.6 is 23.5 Å². The Kier molecular flexibility index (Phi) is 3.61. The van der Waals surface area contributed by atoms with Gasteiger partial charge >= 0.3 is 5.97 Å². The van der Waals surface area contributed by atoms with Crippen molar-refractivity contribution in [3.8, 4) is 0 Å². The Labute approximate surface area is 108 Å². The van der Waals surface area contributed by atoms with E-state index in [1.165, 1.54) is 4.90 Å². The summed E-state index contributed by atoms with van der Waals surface area (Å²) in [5.41, 5.74) is 5.57. The van der Waals surface area contributed by atoms with Gasteiger partial charge in [-0.05, 0) is 6.92 Å². The quantitative estimate of drug-likeness (QED) is 0.749. The summed E-state index contributed by atoms with van der Waals surface area (Å²) in [6, 6.07) is -1.35. The maximum absolute atomic E-state index is 11.9. The van der Waals surface area contributed by atoms with E-state index in [-0.39, 0.29) is 9.99 Å². The summed E-state index contributed by atoms with van der Waals surface area (Å²) >= 11 is 3.54. The zero-order chi connectivity index (χ0) is 12.6. The lowest BCUT2D eigenvalue weighted by atomic mass is 10.2. The summed E-state index contributed by atoms with van der Waals surface area (Å²) < 4.78 is -0.117. The highest BCUT2D eigenvalue weighted by atomic mass is 32.2. The average Bonchev–Trinajstić information content (AvgIpc) is 2.86. The number of amides is 1. The Morgan fingerprint density at radius 2 is 2.06 bits per heavy atom. The van der Waals surface area contributed by atoms with Gasteiger partial charge in [0.25, 0.3) is 0 Å². The van der Waals surface area contributed by atoms with E-state index in [0.29, 0.717) is 13.0 Å². The van der Waals surface area contributed by atoms with Crippen molar-refractivity contribution < 1.29 is 14.7 Å². The molecule has 2 rings (SSSR count). The first-order valence-electron chi connectivity index (χ1n) is 5.52. The monoisotopic (exact) mass is 276 g/mol. The number of hydrogen-bond donors (Lipinski definition) is 2. The van der Waals surface area contributed by atoms with E-state index >= 15 is 0 Å². The van der Waals surface area contributed by atoms with Crippen LogP contribution in [0.25, 0.3) is 0 Å². The molecule has 17 heavy (non-hydrogen) atoms. The molecule has 2 aliphatic rings. The van der Waals surface area contributed by atoms with Crippen LogP contribution in [0.1, 0.15) is 13.3 Å². The molecule has 1 amide bonds. The fraction of sp³-hybridized carbons (Fsp3) is 0.800. The standard InChI is InChI=1S/C10H16N2O3S2/c1-6(11)8(13)12-5-10(16-2-3-17-10)4-7(12)9(14)15/h6-7H,2-5,11H2,1H3,(H,14,15)/t6-,7-/m0/s1. The van der Waals surface area contributed by atoms with Gasteiger partial charge in [-0.3, -0.25) is 4.79 Å². The van der Waals surface area contributed by atoms with Crippen LogP contribution in [0.4, 0.5) is 0 Å². The molecule has 2 atom stereocenters. The second-order valence-electron chi connectivity index (χ2n) is 4.42. The summed E-state index contributed by atoms with van der Waals surface area (Å²) in [5.74, 6) is 0.861. The van der Waals surface area contributed by atoms with Gasteiger partial charge in [0, 0.05) is 24.5 Å². The van der Waals surface area contributed by atoms with Crippen LogP contribution < -0.4 is 5.73 Å². The first kappa shape index (κ1) is 13.0. The normalized spacial score (nSPS) is 28.6. The minimum atomic E-state index is -0.927. The van der Waals surface area contributed by atoms with Gasteiger partial charge in [0.05, 0.1) is 10.1 Å². The van der Waals surface area contributed by atoms with Gasteiger partial charge in [-0.25, -0.2) is 4.79 Å². The van der Waals surface area contributed by atoms with Crippen molar-refractivity contribution in [1.29, 1.82) is 0 Å².